The number of hydrogen-bond donors (Lipinski definition) is 1. The van der Waals surface area contributed by atoms with E-state index in [4.69, 9.17) is 9.15 Å². The lowest BCUT2D eigenvalue weighted by Crippen LogP contribution is -2.18. The Morgan fingerprint density at radius 2 is 2.10 bits per heavy atom. The van der Waals surface area contributed by atoms with Crippen molar-refractivity contribution in [2.45, 2.75) is 38.4 Å². The van der Waals surface area contributed by atoms with Crippen LogP contribution in [0.2, 0.25) is 0 Å². The van der Waals surface area contributed by atoms with E-state index in [1.165, 1.54) is 36.3 Å². The second kappa shape index (κ2) is 8.83. The molecule has 0 saturated carbocycles. The number of aromatic nitrogens is 2. The number of esters is 2. The Hall–Kier alpha value is -2.59. The summed E-state index contributed by atoms with van der Waals surface area (Å²) in [5, 5.41) is 0.149. The minimum absolute atomic E-state index is 0.0467. The highest BCUT2D eigenvalue weighted by Crippen LogP contribution is 2.26. The smallest absolute Gasteiger partial charge is 0.373 e. The number of thiophene rings is 1. The van der Waals surface area contributed by atoms with E-state index in [2.05, 4.69) is 14.7 Å². The average Bonchev–Trinajstić information content (AvgIpc) is 3.28. The summed E-state index contributed by atoms with van der Waals surface area (Å²) in [6.45, 7) is 5.49. The zero-order valence-corrected chi connectivity index (χ0v) is 18.0. The average molecular weight is 437 g/mol. The van der Waals surface area contributed by atoms with E-state index < -0.39 is 17.2 Å². The zero-order chi connectivity index (χ0) is 21.1. The number of nitrogens with one attached hydrogen (secondary N) is 1. The first-order valence-corrected chi connectivity index (χ1v) is 10.6. The number of H-pyrrole nitrogens is 1. The normalized spacial score (nSPS) is 12.1. The lowest BCUT2D eigenvalue weighted by molar-refractivity contribution is -0.144. The molecule has 8 nitrogen and oxygen atoms in total. The van der Waals surface area contributed by atoms with Crippen molar-refractivity contribution < 1.29 is 23.5 Å². The number of aromatic amines is 1. The van der Waals surface area contributed by atoms with Crippen molar-refractivity contribution >= 4 is 45.3 Å². The third kappa shape index (κ3) is 4.70. The molecule has 3 aromatic heterocycles. The molecule has 0 aliphatic carbocycles. The van der Waals surface area contributed by atoms with Crippen LogP contribution in [0.4, 0.5) is 0 Å². The highest BCUT2D eigenvalue weighted by atomic mass is 32.2. The maximum Gasteiger partial charge on any atom is 0.373 e. The van der Waals surface area contributed by atoms with Crippen LogP contribution in [0.5, 0.6) is 0 Å². The largest absolute Gasteiger partial charge is 0.463 e. The molecular weight excluding hydrogens is 416 g/mol. The summed E-state index contributed by atoms with van der Waals surface area (Å²) in [6.07, 6.45) is 0. The van der Waals surface area contributed by atoms with Crippen LogP contribution in [-0.4, -0.2) is 34.3 Å². The molecule has 0 radical (unpaired) electrons. The number of hydrogen-bond acceptors (Lipinski definition) is 9. The van der Waals surface area contributed by atoms with Crippen LogP contribution in [0.15, 0.2) is 21.3 Å². The van der Waals surface area contributed by atoms with Gasteiger partial charge in [-0.1, -0.05) is 0 Å². The van der Waals surface area contributed by atoms with Crippen molar-refractivity contribution in [3.63, 3.8) is 0 Å². The van der Waals surface area contributed by atoms with Gasteiger partial charge in [-0.2, -0.15) is 0 Å². The molecule has 0 aromatic carbocycles. The molecule has 154 valence electrons. The van der Waals surface area contributed by atoms with Gasteiger partial charge in [0.05, 0.1) is 18.2 Å². The predicted molar refractivity (Wildman–Crippen MR) is 110 cm³/mol. The molecule has 0 aliphatic heterocycles. The molecule has 3 heterocycles. The quantitative estimate of drug-likeness (QED) is 0.561. The van der Waals surface area contributed by atoms with Crippen LogP contribution >= 0.6 is 23.1 Å². The maximum atomic E-state index is 12.3. The number of fused-ring (bicyclic) bond motifs is 1. The van der Waals surface area contributed by atoms with Gasteiger partial charge in [0.1, 0.15) is 28.3 Å². The van der Waals surface area contributed by atoms with Gasteiger partial charge in [-0.3, -0.25) is 9.59 Å². The standard InChI is InChI=1S/C19H20N2O6S2/c1-9-10(2)29-17-15(9)16(22)20-14(21-17)8-28-11(3)18(23)26-7-12-5-6-13(27-12)19(24)25-4/h5-6,11H,7-8H2,1-4H3,(H,20,21,22)/t11-/m1/s1. The van der Waals surface area contributed by atoms with Crippen molar-refractivity contribution in [2.24, 2.45) is 0 Å². The summed E-state index contributed by atoms with van der Waals surface area (Å²) in [5.74, 6) is 0.242. The molecule has 1 atom stereocenters. The second-order valence-electron chi connectivity index (χ2n) is 6.29. The lowest BCUT2D eigenvalue weighted by Gasteiger charge is -2.10. The maximum absolute atomic E-state index is 12.3. The number of methoxy groups -OCH3 is 1. The molecule has 0 amide bonds. The minimum Gasteiger partial charge on any atom is -0.463 e. The molecular formula is C19H20N2O6S2. The van der Waals surface area contributed by atoms with Crippen LogP contribution in [0.1, 0.15) is 39.5 Å². The number of carbonyl (C=O) groups is 2. The second-order valence-corrected chi connectivity index (χ2v) is 8.83. The monoisotopic (exact) mass is 436 g/mol. The minimum atomic E-state index is -0.596. The van der Waals surface area contributed by atoms with Crippen LogP contribution in [0.3, 0.4) is 0 Å². The van der Waals surface area contributed by atoms with Gasteiger partial charge in [0.25, 0.3) is 5.56 Å². The van der Waals surface area contributed by atoms with E-state index in [0.29, 0.717) is 27.6 Å². The molecule has 0 spiro atoms. The van der Waals surface area contributed by atoms with Crippen LogP contribution in [-0.2, 0) is 26.6 Å². The third-order valence-corrected chi connectivity index (χ3v) is 6.53. The fourth-order valence-electron chi connectivity index (χ4n) is 2.56. The number of thioether (sulfide) groups is 1. The molecule has 0 aliphatic rings. The van der Waals surface area contributed by atoms with E-state index in [0.717, 1.165) is 10.4 Å². The van der Waals surface area contributed by atoms with Gasteiger partial charge in [-0.15, -0.1) is 23.1 Å². The van der Waals surface area contributed by atoms with Crippen LogP contribution < -0.4 is 5.56 Å². The molecule has 29 heavy (non-hydrogen) atoms. The van der Waals surface area contributed by atoms with Gasteiger partial charge in [0, 0.05) is 4.88 Å². The van der Waals surface area contributed by atoms with Gasteiger partial charge in [-0.25, -0.2) is 9.78 Å². The molecule has 10 heteroatoms. The molecule has 0 saturated heterocycles. The number of furan rings is 1. The van der Waals surface area contributed by atoms with Crippen molar-refractivity contribution in [2.75, 3.05) is 7.11 Å². The van der Waals surface area contributed by atoms with Gasteiger partial charge < -0.3 is 18.9 Å². The Kier molecular flexibility index (Phi) is 6.43. The summed E-state index contributed by atoms with van der Waals surface area (Å²) < 4.78 is 15.0. The van der Waals surface area contributed by atoms with Crippen molar-refractivity contribution in [1.29, 1.82) is 0 Å². The fraction of sp³-hybridized carbons (Fsp3) is 0.368. The fourth-order valence-corrected chi connectivity index (χ4v) is 4.36. The molecule has 1 N–H and O–H groups in total. The Morgan fingerprint density at radius 3 is 2.83 bits per heavy atom. The van der Waals surface area contributed by atoms with Crippen LogP contribution in [0.25, 0.3) is 10.2 Å². The van der Waals surface area contributed by atoms with Crippen LogP contribution in [0, 0.1) is 13.8 Å². The van der Waals surface area contributed by atoms with Gasteiger partial charge in [-0.05, 0) is 38.5 Å². The van der Waals surface area contributed by atoms with E-state index >= 15 is 0 Å². The van der Waals surface area contributed by atoms with Crippen molar-refractivity contribution in [3.05, 3.63) is 50.3 Å². The van der Waals surface area contributed by atoms with E-state index in [1.54, 1.807) is 13.0 Å². The van der Waals surface area contributed by atoms with E-state index in [1.807, 2.05) is 13.8 Å². The molecule has 0 unspecified atom stereocenters. The van der Waals surface area contributed by atoms with Gasteiger partial charge in [0.15, 0.2) is 0 Å². The van der Waals surface area contributed by atoms with Gasteiger partial charge >= 0.3 is 11.9 Å². The van der Waals surface area contributed by atoms with E-state index in [9.17, 15) is 14.4 Å². The Bertz CT molecular complexity index is 1110. The first-order valence-electron chi connectivity index (χ1n) is 8.74. The lowest BCUT2D eigenvalue weighted by atomic mass is 10.2. The third-order valence-electron chi connectivity index (χ3n) is 4.30. The first kappa shape index (κ1) is 21.1. The summed E-state index contributed by atoms with van der Waals surface area (Å²) in [5.41, 5.74) is 0.782. The Morgan fingerprint density at radius 1 is 1.34 bits per heavy atom. The summed E-state index contributed by atoms with van der Waals surface area (Å²) in [7, 11) is 1.25. The topological polar surface area (TPSA) is 111 Å². The highest BCUT2D eigenvalue weighted by molar-refractivity contribution is 7.99. The SMILES string of the molecule is COC(=O)c1ccc(COC(=O)[C@@H](C)SCc2nc3sc(C)c(C)c3c(=O)[nH]2)o1. The molecule has 0 bridgehead atoms. The van der Waals surface area contributed by atoms with Crippen molar-refractivity contribution in [1.82, 2.24) is 9.97 Å². The summed E-state index contributed by atoms with van der Waals surface area (Å²) in [4.78, 5) is 44.9. The van der Waals surface area contributed by atoms with E-state index in [-0.39, 0.29) is 17.9 Å². The zero-order valence-electron chi connectivity index (χ0n) is 16.4. The number of rotatable bonds is 7. The highest BCUT2D eigenvalue weighted by Gasteiger charge is 2.18. The Labute approximate surface area is 174 Å². The number of aryl methyl sites for hydroxylation is 2. The summed E-state index contributed by atoms with van der Waals surface area (Å²) in [6, 6.07) is 3.01. The van der Waals surface area contributed by atoms with Gasteiger partial charge in [0.2, 0.25) is 5.76 Å². The predicted octanol–water partition coefficient (Wildman–Crippen LogP) is 3.35. The number of nitrogens with zero attached hydrogens (tertiary/aromatic N) is 1. The number of ether oxygens (including phenoxy) is 2. The van der Waals surface area contributed by atoms with Crippen molar-refractivity contribution in [3.8, 4) is 0 Å². The first-order chi connectivity index (χ1) is 13.8. The Balaban J connectivity index is 1.56. The molecule has 3 rings (SSSR count). The number of carbonyl (C=O) groups excluding carboxylic acids is 2. The summed E-state index contributed by atoms with van der Waals surface area (Å²) >= 11 is 2.79. The molecule has 0 fully saturated rings. The molecule has 3 aromatic rings.